The summed E-state index contributed by atoms with van der Waals surface area (Å²) in [4.78, 5) is 23.1. The van der Waals surface area contributed by atoms with Crippen molar-refractivity contribution in [2.24, 2.45) is 0 Å². The molecule has 2 aromatic rings. The maximum atomic E-state index is 11.5. The van der Waals surface area contributed by atoms with Gasteiger partial charge in [-0.15, -0.1) is 0 Å². The summed E-state index contributed by atoms with van der Waals surface area (Å²) < 4.78 is 12.1. The monoisotopic (exact) mass is 275 g/mol. The van der Waals surface area contributed by atoms with E-state index in [1.807, 2.05) is 11.5 Å². The van der Waals surface area contributed by atoms with E-state index in [0.29, 0.717) is 30.0 Å². The Hall–Kier alpha value is -2.30. The molecule has 0 unspecified atom stereocenters. The van der Waals surface area contributed by atoms with E-state index in [-0.39, 0.29) is 5.43 Å². The Morgan fingerprint density at radius 3 is 2.85 bits per heavy atom. The molecule has 0 aliphatic rings. The third kappa shape index (κ3) is 2.82. The van der Waals surface area contributed by atoms with E-state index >= 15 is 0 Å². The van der Waals surface area contributed by atoms with Crippen LogP contribution in [-0.2, 0) is 17.7 Å². The molecule has 0 saturated heterocycles. The van der Waals surface area contributed by atoms with Gasteiger partial charge in [-0.25, -0.2) is 4.79 Å². The van der Waals surface area contributed by atoms with Crippen LogP contribution in [0.2, 0.25) is 0 Å². The first-order valence-corrected chi connectivity index (χ1v) is 6.41. The van der Waals surface area contributed by atoms with Crippen molar-refractivity contribution in [1.29, 1.82) is 0 Å². The van der Waals surface area contributed by atoms with Crippen LogP contribution in [0.1, 0.15) is 34.4 Å². The van der Waals surface area contributed by atoms with Crippen LogP contribution in [0.15, 0.2) is 33.7 Å². The lowest BCUT2D eigenvalue weighted by atomic mass is 10.2. The van der Waals surface area contributed by atoms with E-state index in [9.17, 15) is 9.59 Å². The van der Waals surface area contributed by atoms with Gasteiger partial charge in [0, 0.05) is 24.0 Å². The number of furan rings is 1. The maximum absolute atomic E-state index is 11.5. The number of methoxy groups -OCH3 is 1. The molecule has 0 spiro atoms. The number of nitrogens with zero attached hydrogens (tertiary/aromatic N) is 1. The molecule has 0 amide bonds. The zero-order valence-corrected chi connectivity index (χ0v) is 11.8. The Bertz CT molecular complexity index is 681. The van der Waals surface area contributed by atoms with Crippen molar-refractivity contribution < 1.29 is 13.9 Å². The van der Waals surface area contributed by atoms with Crippen molar-refractivity contribution in [3.63, 3.8) is 0 Å². The quantitative estimate of drug-likeness (QED) is 0.802. The zero-order chi connectivity index (χ0) is 14.7. The van der Waals surface area contributed by atoms with Crippen LogP contribution in [0.25, 0.3) is 0 Å². The van der Waals surface area contributed by atoms with Crippen LogP contribution in [0.3, 0.4) is 0 Å². The van der Waals surface area contributed by atoms with E-state index in [2.05, 4.69) is 4.74 Å². The van der Waals surface area contributed by atoms with Gasteiger partial charge >= 0.3 is 5.97 Å². The first-order valence-electron chi connectivity index (χ1n) is 6.41. The molecule has 2 heterocycles. The van der Waals surface area contributed by atoms with Gasteiger partial charge in [-0.05, 0) is 19.4 Å². The van der Waals surface area contributed by atoms with Gasteiger partial charge in [0.25, 0.3) is 0 Å². The van der Waals surface area contributed by atoms with Gasteiger partial charge in [-0.1, -0.05) is 6.92 Å². The molecule has 106 valence electrons. The standard InChI is InChI=1S/C15H17NO4/c1-4-11-8-16(6-5-14(11)17)9-12-7-13(10(2)20-12)15(18)19-3/h5-8H,4,9H2,1-3H3. The van der Waals surface area contributed by atoms with Crippen molar-refractivity contribution in [2.45, 2.75) is 26.8 Å². The topological polar surface area (TPSA) is 61.4 Å². The van der Waals surface area contributed by atoms with Crippen LogP contribution >= 0.6 is 0 Å². The maximum Gasteiger partial charge on any atom is 0.341 e. The van der Waals surface area contributed by atoms with Gasteiger partial charge < -0.3 is 13.7 Å². The molecule has 20 heavy (non-hydrogen) atoms. The summed E-state index contributed by atoms with van der Waals surface area (Å²) in [5, 5.41) is 0. The first-order chi connectivity index (χ1) is 9.55. The molecule has 0 aliphatic carbocycles. The summed E-state index contributed by atoms with van der Waals surface area (Å²) in [6.07, 6.45) is 4.19. The van der Waals surface area contributed by atoms with Crippen LogP contribution in [0.5, 0.6) is 0 Å². The number of aryl methyl sites for hydroxylation is 2. The number of carbonyl (C=O) groups excluding carboxylic acids is 1. The zero-order valence-electron chi connectivity index (χ0n) is 11.8. The molecule has 0 aromatic carbocycles. The number of aromatic nitrogens is 1. The summed E-state index contributed by atoms with van der Waals surface area (Å²) in [6.45, 7) is 4.12. The van der Waals surface area contributed by atoms with E-state index in [1.165, 1.54) is 13.2 Å². The lowest BCUT2D eigenvalue weighted by Crippen LogP contribution is -2.11. The van der Waals surface area contributed by atoms with Crippen molar-refractivity contribution in [3.05, 3.63) is 57.4 Å². The van der Waals surface area contributed by atoms with Crippen LogP contribution in [0.4, 0.5) is 0 Å². The Labute approximate surface area is 116 Å². The average molecular weight is 275 g/mol. The Kier molecular flexibility index (Phi) is 4.08. The summed E-state index contributed by atoms with van der Waals surface area (Å²) in [7, 11) is 1.34. The fourth-order valence-corrected chi connectivity index (χ4v) is 2.06. The number of rotatable bonds is 4. The second-order valence-electron chi connectivity index (χ2n) is 4.53. The Morgan fingerprint density at radius 2 is 2.20 bits per heavy atom. The highest BCUT2D eigenvalue weighted by molar-refractivity contribution is 5.90. The molecule has 0 atom stereocenters. The minimum atomic E-state index is -0.411. The summed E-state index contributed by atoms with van der Waals surface area (Å²) in [5.74, 6) is 0.767. The Balaban J connectivity index is 2.26. The second-order valence-corrected chi connectivity index (χ2v) is 4.53. The molecule has 2 rings (SSSR count). The lowest BCUT2D eigenvalue weighted by molar-refractivity contribution is 0.0599. The third-order valence-electron chi connectivity index (χ3n) is 3.15. The molecule has 0 aliphatic heterocycles. The van der Waals surface area contributed by atoms with E-state index in [1.54, 1.807) is 25.4 Å². The van der Waals surface area contributed by atoms with Crippen molar-refractivity contribution >= 4 is 5.97 Å². The normalized spacial score (nSPS) is 10.6. The molecule has 5 nitrogen and oxygen atoms in total. The minimum Gasteiger partial charge on any atom is -0.465 e. The van der Waals surface area contributed by atoms with E-state index in [4.69, 9.17) is 4.42 Å². The first kappa shape index (κ1) is 14.1. The van der Waals surface area contributed by atoms with E-state index in [0.717, 1.165) is 5.56 Å². The highest BCUT2D eigenvalue weighted by Gasteiger charge is 2.15. The molecular weight excluding hydrogens is 258 g/mol. The van der Waals surface area contributed by atoms with Gasteiger partial charge in [0.2, 0.25) is 0 Å². The molecule has 2 aromatic heterocycles. The van der Waals surface area contributed by atoms with Crippen LogP contribution < -0.4 is 5.43 Å². The predicted octanol–water partition coefficient (Wildman–Crippen LogP) is 2.15. The van der Waals surface area contributed by atoms with Gasteiger partial charge in [-0.2, -0.15) is 0 Å². The van der Waals surface area contributed by atoms with Crippen molar-refractivity contribution in [3.8, 4) is 0 Å². The molecule has 5 heteroatoms. The Morgan fingerprint density at radius 1 is 1.45 bits per heavy atom. The van der Waals surface area contributed by atoms with Gasteiger partial charge in [0.1, 0.15) is 17.1 Å². The molecular formula is C15H17NO4. The summed E-state index contributed by atoms with van der Waals surface area (Å²) >= 11 is 0. The average Bonchev–Trinajstić information content (AvgIpc) is 2.80. The largest absolute Gasteiger partial charge is 0.465 e. The smallest absolute Gasteiger partial charge is 0.341 e. The highest BCUT2D eigenvalue weighted by Crippen LogP contribution is 2.16. The van der Waals surface area contributed by atoms with Gasteiger partial charge in [0.05, 0.1) is 13.7 Å². The molecule has 0 bridgehead atoms. The highest BCUT2D eigenvalue weighted by atomic mass is 16.5. The number of hydrogen-bond acceptors (Lipinski definition) is 4. The second kappa shape index (κ2) is 5.77. The number of esters is 1. The third-order valence-corrected chi connectivity index (χ3v) is 3.15. The van der Waals surface area contributed by atoms with Gasteiger partial charge in [0.15, 0.2) is 5.43 Å². The van der Waals surface area contributed by atoms with Gasteiger partial charge in [-0.3, -0.25) is 4.79 Å². The fourth-order valence-electron chi connectivity index (χ4n) is 2.06. The molecule has 0 N–H and O–H groups in total. The van der Waals surface area contributed by atoms with E-state index < -0.39 is 5.97 Å². The fraction of sp³-hybridized carbons (Fsp3) is 0.333. The lowest BCUT2D eigenvalue weighted by Gasteiger charge is -2.05. The number of ether oxygens (including phenoxy) is 1. The SMILES string of the molecule is CCc1cn(Cc2cc(C(=O)OC)c(C)o2)ccc1=O. The van der Waals surface area contributed by atoms with Crippen LogP contribution in [0, 0.1) is 6.92 Å². The minimum absolute atomic E-state index is 0.0367. The summed E-state index contributed by atoms with van der Waals surface area (Å²) in [5.41, 5.74) is 1.22. The molecule has 0 saturated carbocycles. The van der Waals surface area contributed by atoms with Crippen molar-refractivity contribution in [1.82, 2.24) is 4.57 Å². The van der Waals surface area contributed by atoms with Crippen molar-refractivity contribution in [2.75, 3.05) is 7.11 Å². The number of carbonyl (C=O) groups is 1. The van der Waals surface area contributed by atoms with Crippen LogP contribution in [-0.4, -0.2) is 17.6 Å². The predicted molar refractivity (Wildman–Crippen MR) is 74.0 cm³/mol. The molecule has 0 fully saturated rings. The summed E-state index contributed by atoms with van der Waals surface area (Å²) in [6, 6.07) is 3.21. The molecule has 0 radical (unpaired) electrons. The number of hydrogen-bond donors (Lipinski definition) is 0. The number of pyridine rings is 1.